The van der Waals surface area contributed by atoms with Gasteiger partial charge in [0, 0.05) is 0 Å². The van der Waals surface area contributed by atoms with E-state index < -0.39 is 10.0 Å². The van der Waals surface area contributed by atoms with Crippen molar-refractivity contribution in [3.05, 3.63) is 83.9 Å². The van der Waals surface area contributed by atoms with Crippen LogP contribution < -0.4 is 5.84 Å². The number of sulfonamides is 1. The van der Waals surface area contributed by atoms with Gasteiger partial charge >= 0.3 is 0 Å². The second-order valence-corrected chi connectivity index (χ2v) is 7.08. The van der Waals surface area contributed by atoms with Crippen molar-refractivity contribution < 1.29 is 13.2 Å². The largest absolute Gasteiger partial charge is 0.362 e. The summed E-state index contributed by atoms with van der Waals surface area (Å²) in [5.74, 6) is 5.80. The van der Waals surface area contributed by atoms with E-state index in [1.807, 2.05) is 54.6 Å². The van der Waals surface area contributed by atoms with Crippen molar-refractivity contribution in [1.82, 2.24) is 4.41 Å². The molecule has 0 heterocycles. The average Bonchev–Trinajstić information content (AvgIpc) is 2.62. The van der Waals surface area contributed by atoms with Gasteiger partial charge in [-0.1, -0.05) is 60.7 Å². The lowest BCUT2D eigenvalue weighted by Crippen LogP contribution is -2.36. The van der Waals surface area contributed by atoms with Crippen LogP contribution in [0, 0.1) is 0 Å². The lowest BCUT2D eigenvalue weighted by Gasteiger charge is -2.17. The van der Waals surface area contributed by atoms with E-state index in [2.05, 4.69) is 11.5 Å². The molecule has 0 bridgehead atoms. The highest BCUT2D eigenvalue weighted by atomic mass is 32.2. The normalized spacial score (nSPS) is 10.8. The molecule has 25 heavy (non-hydrogen) atoms. The van der Waals surface area contributed by atoms with Crippen molar-refractivity contribution >= 4 is 27.5 Å². The molecule has 0 aliphatic heterocycles. The Hall–Kier alpha value is -2.83. The van der Waals surface area contributed by atoms with Crippen LogP contribution in [-0.4, -0.2) is 24.3 Å². The first-order valence-corrected chi connectivity index (χ1v) is 8.83. The minimum absolute atomic E-state index is 0.135. The maximum absolute atomic E-state index is 12.6. The Morgan fingerprint density at radius 1 is 0.960 bits per heavy atom. The van der Waals surface area contributed by atoms with Crippen LogP contribution in [0.5, 0.6) is 0 Å². The Bertz CT molecular complexity index is 982. The summed E-state index contributed by atoms with van der Waals surface area (Å²) in [7, 11) is -3.72. The number of hydrogen-bond donors (Lipinski definition) is 1. The van der Waals surface area contributed by atoms with Crippen LogP contribution >= 0.6 is 0 Å². The second-order valence-electron chi connectivity index (χ2n) is 5.19. The zero-order valence-electron chi connectivity index (χ0n) is 13.5. The Morgan fingerprint density at radius 2 is 1.52 bits per heavy atom. The first-order chi connectivity index (χ1) is 12.0. The van der Waals surface area contributed by atoms with E-state index in [9.17, 15) is 8.42 Å². The van der Waals surface area contributed by atoms with Crippen LogP contribution in [0.25, 0.3) is 16.3 Å². The van der Waals surface area contributed by atoms with Gasteiger partial charge in [0.2, 0.25) is 6.72 Å². The highest BCUT2D eigenvalue weighted by molar-refractivity contribution is 7.89. The van der Waals surface area contributed by atoms with E-state index in [0.29, 0.717) is 0 Å². The van der Waals surface area contributed by atoms with Crippen LogP contribution in [0.1, 0.15) is 5.56 Å². The van der Waals surface area contributed by atoms with E-state index in [1.165, 1.54) is 0 Å². The van der Waals surface area contributed by atoms with Crippen molar-refractivity contribution in [3.8, 4) is 0 Å². The zero-order chi connectivity index (χ0) is 18.3. The number of rotatable bonds is 4. The van der Waals surface area contributed by atoms with Gasteiger partial charge in [-0.25, -0.2) is 8.42 Å². The molecule has 0 saturated heterocycles. The summed E-state index contributed by atoms with van der Waals surface area (Å²) in [6, 6.07) is 21.9. The predicted octanol–water partition coefficient (Wildman–Crippen LogP) is 2.82. The minimum Gasteiger partial charge on any atom is -0.362 e. The van der Waals surface area contributed by atoms with Crippen LogP contribution in [0.2, 0.25) is 0 Å². The molecular formula is C18H18N4O2S. The van der Waals surface area contributed by atoms with Gasteiger partial charge in [0.05, 0.1) is 11.4 Å². The van der Waals surface area contributed by atoms with Crippen molar-refractivity contribution in [1.29, 1.82) is 0 Å². The fourth-order valence-electron chi connectivity index (χ4n) is 2.31. The number of nitrogens with two attached hydrogens (primary N) is 1. The summed E-state index contributed by atoms with van der Waals surface area (Å²) >= 11 is 0. The molecule has 0 radical (unpaired) electrons. The van der Waals surface area contributed by atoms with Gasteiger partial charge < -0.3 is 5.53 Å². The van der Waals surface area contributed by atoms with Gasteiger partial charge in [-0.15, -0.1) is 4.41 Å². The first kappa shape index (κ1) is 18.5. The Morgan fingerprint density at radius 3 is 2.16 bits per heavy atom. The standard InChI is InChI=1S/C17H16N2O2S.CH2N2/c18-19(13-14-6-2-1-3-7-14)22(20,21)17-11-10-15-8-4-5-9-16(15)12-17;1-3-2/h1-12H,13,18H2;1H2. The van der Waals surface area contributed by atoms with E-state index in [0.717, 1.165) is 20.8 Å². The third-order valence-corrected chi connectivity index (χ3v) is 5.10. The summed E-state index contributed by atoms with van der Waals surface area (Å²) < 4.78 is 26.0. The molecule has 0 saturated carbocycles. The number of fused-ring (bicyclic) bond motifs is 1. The molecule has 3 aromatic rings. The molecule has 0 amide bonds. The van der Waals surface area contributed by atoms with E-state index in [-0.39, 0.29) is 11.4 Å². The van der Waals surface area contributed by atoms with Crippen LogP contribution in [-0.2, 0) is 16.6 Å². The smallest absolute Gasteiger partial charge is 0.255 e. The van der Waals surface area contributed by atoms with Crippen molar-refractivity contribution in [2.75, 3.05) is 0 Å². The van der Waals surface area contributed by atoms with Crippen LogP contribution in [0.3, 0.4) is 0 Å². The van der Waals surface area contributed by atoms with Crippen LogP contribution in [0.4, 0.5) is 0 Å². The maximum Gasteiger partial charge on any atom is 0.255 e. The third-order valence-electron chi connectivity index (χ3n) is 3.51. The molecule has 7 heteroatoms. The summed E-state index contributed by atoms with van der Waals surface area (Å²) in [6.45, 7) is 2.80. The number of hydrazine groups is 1. The van der Waals surface area contributed by atoms with Gasteiger partial charge in [-0.2, -0.15) is 4.79 Å². The average molecular weight is 354 g/mol. The number of nitrogens with zero attached hydrogens (tertiary/aromatic N) is 3. The predicted molar refractivity (Wildman–Crippen MR) is 98.0 cm³/mol. The minimum atomic E-state index is -3.72. The molecule has 3 rings (SSSR count). The van der Waals surface area contributed by atoms with E-state index in [1.54, 1.807) is 18.2 Å². The molecule has 6 nitrogen and oxygen atoms in total. The van der Waals surface area contributed by atoms with Gasteiger partial charge in [-0.3, -0.25) is 5.84 Å². The monoisotopic (exact) mass is 354 g/mol. The number of hydrogen-bond acceptors (Lipinski definition) is 3. The Labute approximate surface area is 146 Å². The van der Waals surface area contributed by atoms with E-state index in [4.69, 9.17) is 11.4 Å². The van der Waals surface area contributed by atoms with Gasteiger partial charge in [-0.05, 0) is 28.5 Å². The Kier molecular flexibility index (Phi) is 6.16. The molecule has 0 aliphatic rings. The molecule has 3 aromatic carbocycles. The molecule has 2 N–H and O–H groups in total. The zero-order valence-corrected chi connectivity index (χ0v) is 14.3. The molecular weight excluding hydrogens is 336 g/mol. The summed E-state index contributed by atoms with van der Waals surface area (Å²) in [5.41, 5.74) is 7.93. The molecule has 0 aliphatic carbocycles. The fourth-order valence-corrected chi connectivity index (χ4v) is 3.42. The SMILES string of the molecule is C=[N+]=[N-].NN(Cc1ccccc1)S(=O)(=O)c1ccc2ccccc2c1. The summed E-state index contributed by atoms with van der Waals surface area (Å²) in [4.78, 5) is 2.45. The fraction of sp³-hybridized carbons (Fsp3) is 0.0556. The molecule has 0 aromatic heterocycles. The number of benzene rings is 3. The highest BCUT2D eigenvalue weighted by Crippen LogP contribution is 2.21. The summed E-state index contributed by atoms with van der Waals surface area (Å²) in [5, 5.41) is 1.87. The van der Waals surface area contributed by atoms with E-state index >= 15 is 0 Å². The molecule has 0 unspecified atom stereocenters. The topological polar surface area (TPSA) is 99.8 Å². The summed E-state index contributed by atoms with van der Waals surface area (Å²) in [6.07, 6.45) is 0. The molecule has 0 atom stereocenters. The highest BCUT2D eigenvalue weighted by Gasteiger charge is 2.21. The Balaban J connectivity index is 0.000000701. The lowest BCUT2D eigenvalue weighted by atomic mass is 10.1. The van der Waals surface area contributed by atoms with Crippen molar-refractivity contribution in [2.24, 2.45) is 5.84 Å². The van der Waals surface area contributed by atoms with Crippen molar-refractivity contribution in [3.63, 3.8) is 0 Å². The van der Waals surface area contributed by atoms with Crippen LogP contribution in [0.15, 0.2) is 77.7 Å². The van der Waals surface area contributed by atoms with Crippen molar-refractivity contribution in [2.45, 2.75) is 11.4 Å². The molecule has 0 fully saturated rings. The molecule has 0 spiro atoms. The lowest BCUT2D eigenvalue weighted by molar-refractivity contribution is 0.0110. The maximum atomic E-state index is 12.6. The van der Waals surface area contributed by atoms with Gasteiger partial charge in [0.25, 0.3) is 10.0 Å². The quantitative estimate of drug-likeness (QED) is 0.256. The first-order valence-electron chi connectivity index (χ1n) is 7.39. The second kappa shape index (κ2) is 8.32. The molecule has 128 valence electrons. The van der Waals surface area contributed by atoms with Gasteiger partial charge in [0.15, 0.2) is 0 Å². The van der Waals surface area contributed by atoms with Gasteiger partial charge in [0.1, 0.15) is 0 Å². The third kappa shape index (κ3) is 4.59.